The van der Waals surface area contributed by atoms with Crippen molar-refractivity contribution in [2.24, 2.45) is 16.7 Å². The third-order valence-corrected chi connectivity index (χ3v) is 7.69. The van der Waals surface area contributed by atoms with Crippen molar-refractivity contribution in [1.29, 1.82) is 0 Å². The molecule has 2 heteroatoms. The second-order valence-electron chi connectivity index (χ2n) is 7.42. The number of benzene rings is 1. The van der Waals surface area contributed by atoms with Gasteiger partial charge in [-0.3, -0.25) is 0 Å². The van der Waals surface area contributed by atoms with Crippen LogP contribution in [0.4, 0.5) is 0 Å². The van der Waals surface area contributed by atoms with E-state index in [4.69, 9.17) is 4.74 Å². The smallest absolute Gasteiger partial charge is 0.122 e. The van der Waals surface area contributed by atoms with Gasteiger partial charge in [-0.05, 0) is 42.2 Å². The molecular formula is C19H24OS. The SMILES string of the molecule is CC1(C)[C@@H]2CC[C@]13CS[C@H](/C=C/c1ccccc1)O[C@@H]3C2. The van der Waals surface area contributed by atoms with E-state index >= 15 is 0 Å². The van der Waals surface area contributed by atoms with Gasteiger partial charge in [-0.25, -0.2) is 0 Å². The van der Waals surface area contributed by atoms with E-state index in [0.29, 0.717) is 16.9 Å². The highest BCUT2D eigenvalue weighted by Gasteiger charge is 2.65. The molecule has 1 spiro atoms. The van der Waals surface area contributed by atoms with Crippen molar-refractivity contribution >= 4 is 17.8 Å². The first-order chi connectivity index (χ1) is 10.1. The number of thioether (sulfide) groups is 1. The Morgan fingerprint density at radius 3 is 2.81 bits per heavy atom. The quantitative estimate of drug-likeness (QED) is 0.761. The summed E-state index contributed by atoms with van der Waals surface area (Å²) < 4.78 is 6.47. The molecule has 0 aromatic heterocycles. The molecule has 0 amide bonds. The van der Waals surface area contributed by atoms with E-state index in [9.17, 15) is 0 Å². The van der Waals surface area contributed by atoms with Crippen LogP contribution in [0.5, 0.6) is 0 Å². The van der Waals surface area contributed by atoms with Crippen LogP contribution in [0, 0.1) is 16.7 Å². The van der Waals surface area contributed by atoms with E-state index in [1.807, 2.05) is 11.8 Å². The average Bonchev–Trinajstić information content (AvgIpc) is 2.88. The van der Waals surface area contributed by atoms with Gasteiger partial charge >= 0.3 is 0 Å². The van der Waals surface area contributed by atoms with Gasteiger partial charge < -0.3 is 4.74 Å². The molecule has 2 aliphatic carbocycles. The minimum absolute atomic E-state index is 0.232. The maximum Gasteiger partial charge on any atom is 0.122 e. The summed E-state index contributed by atoms with van der Waals surface area (Å²) in [5, 5.41) is 0. The summed E-state index contributed by atoms with van der Waals surface area (Å²) >= 11 is 2.00. The van der Waals surface area contributed by atoms with Crippen LogP contribution in [0.1, 0.15) is 38.7 Å². The number of hydrogen-bond acceptors (Lipinski definition) is 2. The van der Waals surface area contributed by atoms with E-state index in [0.717, 1.165) is 5.92 Å². The standard InChI is InChI=1S/C19H24OS/c1-18(2)15-10-11-19(18)13-21-17(20-16(19)12-15)9-8-14-6-4-3-5-7-14/h3-9,15-17H,10-13H2,1-2H3/b9-8+/t15-,16-,17-,19-/m1/s1. The minimum atomic E-state index is 0.232. The summed E-state index contributed by atoms with van der Waals surface area (Å²) in [6.07, 6.45) is 9.00. The van der Waals surface area contributed by atoms with Crippen LogP contribution in [-0.2, 0) is 4.74 Å². The van der Waals surface area contributed by atoms with Gasteiger partial charge in [-0.1, -0.05) is 50.3 Å². The van der Waals surface area contributed by atoms with Crippen LogP contribution < -0.4 is 0 Å². The molecule has 1 aliphatic heterocycles. The molecule has 21 heavy (non-hydrogen) atoms. The van der Waals surface area contributed by atoms with Gasteiger partial charge in [-0.15, -0.1) is 11.8 Å². The summed E-state index contributed by atoms with van der Waals surface area (Å²) in [4.78, 5) is 0. The second-order valence-corrected chi connectivity index (χ2v) is 8.51. The molecule has 4 atom stereocenters. The first-order valence-electron chi connectivity index (χ1n) is 8.12. The largest absolute Gasteiger partial charge is 0.360 e. The van der Waals surface area contributed by atoms with Gasteiger partial charge in [0.15, 0.2) is 0 Å². The molecule has 0 radical (unpaired) electrons. The van der Waals surface area contributed by atoms with E-state index in [2.05, 4.69) is 56.3 Å². The third-order valence-electron chi connectivity index (χ3n) is 6.41. The van der Waals surface area contributed by atoms with E-state index in [1.54, 1.807) is 0 Å². The van der Waals surface area contributed by atoms with Crippen molar-refractivity contribution in [2.75, 3.05) is 5.75 Å². The number of fused-ring (bicyclic) bond motifs is 1. The minimum Gasteiger partial charge on any atom is -0.360 e. The van der Waals surface area contributed by atoms with Gasteiger partial charge in [-0.2, -0.15) is 0 Å². The van der Waals surface area contributed by atoms with Crippen molar-refractivity contribution in [3.8, 4) is 0 Å². The zero-order chi connectivity index (χ0) is 14.5. The molecule has 1 saturated heterocycles. The number of hydrogen-bond donors (Lipinski definition) is 0. The highest BCUT2D eigenvalue weighted by Crippen LogP contribution is 2.69. The molecule has 1 heterocycles. The molecule has 3 aliphatic rings. The van der Waals surface area contributed by atoms with Gasteiger partial charge in [0.1, 0.15) is 5.44 Å². The third kappa shape index (κ3) is 2.03. The molecule has 1 nitrogen and oxygen atoms in total. The Kier molecular flexibility index (Phi) is 3.24. The van der Waals surface area contributed by atoms with Gasteiger partial charge in [0, 0.05) is 11.2 Å². The Bertz CT molecular complexity index is 550. The van der Waals surface area contributed by atoms with Crippen LogP contribution in [0.3, 0.4) is 0 Å². The Morgan fingerprint density at radius 1 is 1.24 bits per heavy atom. The fourth-order valence-corrected chi connectivity index (χ4v) is 6.38. The lowest BCUT2D eigenvalue weighted by Crippen LogP contribution is -2.46. The molecule has 2 bridgehead atoms. The zero-order valence-corrected chi connectivity index (χ0v) is 13.7. The molecule has 2 saturated carbocycles. The number of ether oxygens (including phenoxy) is 1. The summed E-state index contributed by atoms with van der Waals surface area (Å²) in [5.74, 6) is 2.14. The summed E-state index contributed by atoms with van der Waals surface area (Å²) in [5.41, 5.74) is 2.41. The highest BCUT2D eigenvalue weighted by molar-refractivity contribution is 8.00. The Hall–Kier alpha value is -0.730. The van der Waals surface area contributed by atoms with Gasteiger partial charge in [0.05, 0.1) is 6.10 Å². The maximum absolute atomic E-state index is 6.47. The Morgan fingerprint density at radius 2 is 2.05 bits per heavy atom. The summed E-state index contributed by atoms with van der Waals surface area (Å²) in [6.45, 7) is 4.96. The highest BCUT2D eigenvalue weighted by atomic mass is 32.2. The Balaban J connectivity index is 1.48. The topological polar surface area (TPSA) is 9.23 Å². The van der Waals surface area contributed by atoms with E-state index in [1.165, 1.54) is 30.6 Å². The zero-order valence-electron chi connectivity index (χ0n) is 12.9. The lowest BCUT2D eigenvalue weighted by atomic mass is 9.69. The first kappa shape index (κ1) is 13.9. The normalized spacial score (nSPS) is 40.6. The van der Waals surface area contributed by atoms with E-state index < -0.39 is 0 Å². The predicted octanol–water partition coefficient (Wildman–Crippen LogP) is 4.98. The lowest BCUT2D eigenvalue weighted by Gasteiger charge is -2.46. The molecule has 1 aromatic rings. The monoisotopic (exact) mass is 300 g/mol. The van der Waals surface area contributed by atoms with Crippen molar-refractivity contribution in [3.63, 3.8) is 0 Å². The molecule has 3 fully saturated rings. The number of rotatable bonds is 2. The lowest BCUT2D eigenvalue weighted by molar-refractivity contribution is -0.0530. The summed E-state index contributed by atoms with van der Waals surface area (Å²) in [7, 11) is 0. The van der Waals surface area contributed by atoms with E-state index in [-0.39, 0.29) is 5.44 Å². The molecule has 1 aromatic carbocycles. The van der Waals surface area contributed by atoms with Gasteiger partial charge in [0.2, 0.25) is 0 Å². The molecule has 4 rings (SSSR count). The second kappa shape index (κ2) is 4.89. The van der Waals surface area contributed by atoms with Crippen LogP contribution in [-0.4, -0.2) is 17.3 Å². The van der Waals surface area contributed by atoms with Crippen LogP contribution in [0.2, 0.25) is 0 Å². The Labute approximate surface area is 132 Å². The maximum atomic E-state index is 6.47. The fourth-order valence-electron chi connectivity index (χ4n) is 4.82. The average molecular weight is 300 g/mol. The van der Waals surface area contributed by atoms with Crippen molar-refractivity contribution in [1.82, 2.24) is 0 Å². The van der Waals surface area contributed by atoms with Gasteiger partial charge in [0.25, 0.3) is 0 Å². The van der Waals surface area contributed by atoms with Crippen molar-refractivity contribution in [3.05, 3.63) is 42.0 Å². The van der Waals surface area contributed by atoms with Crippen LogP contribution in [0.15, 0.2) is 36.4 Å². The molecule has 0 unspecified atom stereocenters. The molecule has 0 N–H and O–H groups in total. The summed E-state index contributed by atoms with van der Waals surface area (Å²) in [6, 6.07) is 10.5. The fraction of sp³-hybridized carbons (Fsp3) is 0.579. The van der Waals surface area contributed by atoms with Crippen molar-refractivity contribution < 1.29 is 4.74 Å². The predicted molar refractivity (Wildman–Crippen MR) is 90.2 cm³/mol. The molecule has 112 valence electrons. The molecular weight excluding hydrogens is 276 g/mol. The van der Waals surface area contributed by atoms with Crippen LogP contribution >= 0.6 is 11.8 Å². The first-order valence-corrected chi connectivity index (χ1v) is 9.17. The van der Waals surface area contributed by atoms with Crippen LogP contribution in [0.25, 0.3) is 6.08 Å². The van der Waals surface area contributed by atoms with Crippen molar-refractivity contribution in [2.45, 2.75) is 44.6 Å².